The van der Waals surface area contributed by atoms with Gasteiger partial charge in [0.05, 0.1) is 0 Å². The molecule has 3 aliphatic rings. The molecule has 21 heavy (non-hydrogen) atoms. The van der Waals surface area contributed by atoms with Gasteiger partial charge in [0.15, 0.2) is 5.69 Å². The Balaban J connectivity index is 1.72. The van der Waals surface area contributed by atoms with Crippen molar-refractivity contribution in [1.29, 1.82) is 0 Å². The molecule has 0 unspecified atom stereocenters. The minimum atomic E-state index is -1.09. The Morgan fingerprint density at radius 2 is 2.14 bits per heavy atom. The number of aromatic carboxylic acids is 1. The van der Waals surface area contributed by atoms with Crippen LogP contribution in [0.5, 0.6) is 0 Å². The van der Waals surface area contributed by atoms with Crippen molar-refractivity contribution in [3.05, 3.63) is 17.0 Å². The number of nitrogens with zero attached hydrogens (tertiary/aromatic N) is 2. The van der Waals surface area contributed by atoms with E-state index in [9.17, 15) is 9.90 Å². The Morgan fingerprint density at radius 1 is 1.43 bits per heavy atom. The van der Waals surface area contributed by atoms with E-state index >= 15 is 0 Å². The van der Waals surface area contributed by atoms with Crippen LogP contribution < -0.4 is 0 Å². The standard InChI is InChI=1S/C15H24N2O3Si/c1-21(2,3)5-4-20-9-17-14-11-6-10(7-11)8-12(14)13(16-17)15(18)19/h10-11H,4-9H2,1-3H3,(H,18,19). The zero-order chi connectivity index (χ0) is 15.2. The summed E-state index contributed by atoms with van der Waals surface area (Å²) >= 11 is 0. The first-order chi connectivity index (χ1) is 9.85. The lowest BCUT2D eigenvalue weighted by molar-refractivity contribution is 0.0662. The predicted octanol–water partition coefficient (Wildman–Crippen LogP) is 2.94. The molecular formula is C15H24N2O3Si. The van der Waals surface area contributed by atoms with E-state index in [0.29, 0.717) is 18.6 Å². The fraction of sp³-hybridized carbons (Fsp3) is 0.733. The van der Waals surface area contributed by atoms with Gasteiger partial charge in [-0.2, -0.15) is 5.10 Å². The number of carbonyl (C=O) groups is 1. The van der Waals surface area contributed by atoms with Crippen LogP contribution in [0.1, 0.15) is 40.5 Å². The molecular weight excluding hydrogens is 284 g/mol. The molecule has 116 valence electrons. The molecule has 5 nitrogen and oxygen atoms in total. The molecule has 1 N–H and O–H groups in total. The summed E-state index contributed by atoms with van der Waals surface area (Å²) in [6, 6.07) is 1.12. The quantitative estimate of drug-likeness (QED) is 0.648. The maximum absolute atomic E-state index is 11.4. The molecule has 0 aliphatic heterocycles. The highest BCUT2D eigenvalue weighted by molar-refractivity contribution is 6.76. The van der Waals surface area contributed by atoms with Crippen LogP contribution in [-0.4, -0.2) is 35.5 Å². The van der Waals surface area contributed by atoms with Crippen molar-refractivity contribution in [3.8, 4) is 0 Å². The van der Waals surface area contributed by atoms with E-state index in [1.165, 1.54) is 12.8 Å². The molecule has 4 rings (SSSR count). The topological polar surface area (TPSA) is 64.4 Å². The van der Waals surface area contributed by atoms with Gasteiger partial charge in [-0.1, -0.05) is 19.6 Å². The Kier molecular flexibility index (Phi) is 3.69. The lowest BCUT2D eigenvalue weighted by atomic mass is 9.64. The van der Waals surface area contributed by atoms with Crippen LogP contribution in [0.2, 0.25) is 25.7 Å². The molecule has 1 saturated carbocycles. The lowest BCUT2D eigenvalue weighted by Crippen LogP contribution is -2.32. The molecule has 1 aromatic rings. The van der Waals surface area contributed by atoms with E-state index in [-0.39, 0.29) is 5.69 Å². The van der Waals surface area contributed by atoms with Gasteiger partial charge in [0, 0.05) is 31.9 Å². The van der Waals surface area contributed by atoms with Crippen LogP contribution in [0, 0.1) is 5.92 Å². The van der Waals surface area contributed by atoms with E-state index in [2.05, 4.69) is 24.7 Å². The van der Waals surface area contributed by atoms with Crippen LogP contribution in [-0.2, 0) is 17.9 Å². The number of hydrogen-bond acceptors (Lipinski definition) is 3. The SMILES string of the molecule is C[Si](C)(C)CCOCn1nc(C(=O)O)c2c1C1CC(C2)C1. The van der Waals surface area contributed by atoms with Gasteiger partial charge < -0.3 is 9.84 Å². The van der Waals surface area contributed by atoms with Crippen LogP contribution in [0.4, 0.5) is 0 Å². The normalized spacial score (nSPS) is 23.6. The molecule has 6 heteroatoms. The second-order valence-electron chi connectivity index (χ2n) is 7.60. The number of aromatic nitrogens is 2. The lowest BCUT2D eigenvalue weighted by Gasteiger charge is -2.41. The molecule has 0 saturated heterocycles. The van der Waals surface area contributed by atoms with Crippen molar-refractivity contribution in [2.75, 3.05) is 6.61 Å². The summed E-state index contributed by atoms with van der Waals surface area (Å²) < 4.78 is 7.57. The summed E-state index contributed by atoms with van der Waals surface area (Å²) in [5.41, 5.74) is 2.33. The van der Waals surface area contributed by atoms with Crippen LogP contribution >= 0.6 is 0 Å². The smallest absolute Gasteiger partial charge is 0.356 e. The number of carboxylic acid groups (broad SMARTS) is 1. The summed E-state index contributed by atoms with van der Waals surface area (Å²) in [6.45, 7) is 8.09. The zero-order valence-corrected chi connectivity index (χ0v) is 14.1. The van der Waals surface area contributed by atoms with Gasteiger partial charge in [0.1, 0.15) is 6.73 Å². The van der Waals surface area contributed by atoms with E-state index in [1.807, 2.05) is 4.68 Å². The summed E-state index contributed by atoms with van der Waals surface area (Å²) in [6.07, 6.45) is 3.25. The molecule has 2 bridgehead atoms. The summed E-state index contributed by atoms with van der Waals surface area (Å²) in [5.74, 6) is 0.263. The maximum Gasteiger partial charge on any atom is 0.356 e. The highest BCUT2D eigenvalue weighted by Gasteiger charge is 2.42. The molecule has 0 amide bonds. The first-order valence-corrected chi connectivity index (χ1v) is 11.5. The fourth-order valence-electron chi connectivity index (χ4n) is 3.38. The summed E-state index contributed by atoms with van der Waals surface area (Å²) in [4.78, 5) is 11.4. The van der Waals surface area contributed by atoms with Crippen molar-refractivity contribution in [2.45, 2.75) is 57.6 Å². The average Bonchev–Trinajstić information content (AvgIpc) is 2.72. The first kappa shape index (κ1) is 14.8. The highest BCUT2D eigenvalue weighted by atomic mass is 28.3. The van der Waals surface area contributed by atoms with Crippen molar-refractivity contribution < 1.29 is 14.6 Å². The third kappa shape index (κ3) is 2.92. The van der Waals surface area contributed by atoms with Crippen molar-refractivity contribution >= 4 is 14.0 Å². The Morgan fingerprint density at radius 3 is 2.76 bits per heavy atom. The Hall–Kier alpha value is -1.14. The minimum Gasteiger partial charge on any atom is -0.476 e. The zero-order valence-electron chi connectivity index (χ0n) is 13.1. The molecule has 0 radical (unpaired) electrons. The Bertz CT molecular complexity index is 556. The highest BCUT2D eigenvalue weighted by Crippen LogP contribution is 2.50. The van der Waals surface area contributed by atoms with Crippen LogP contribution in [0.15, 0.2) is 0 Å². The van der Waals surface area contributed by atoms with Crippen molar-refractivity contribution in [2.24, 2.45) is 5.92 Å². The molecule has 0 spiro atoms. The van der Waals surface area contributed by atoms with Gasteiger partial charge in [-0.05, 0) is 31.2 Å². The third-order valence-electron chi connectivity index (χ3n) is 4.62. The molecule has 1 fully saturated rings. The molecule has 1 aromatic heterocycles. The third-order valence-corrected chi connectivity index (χ3v) is 6.33. The van der Waals surface area contributed by atoms with Crippen molar-refractivity contribution in [1.82, 2.24) is 9.78 Å². The monoisotopic (exact) mass is 308 g/mol. The summed E-state index contributed by atoms with van der Waals surface area (Å²) in [5, 5.41) is 13.6. The van der Waals surface area contributed by atoms with E-state index in [4.69, 9.17) is 4.74 Å². The van der Waals surface area contributed by atoms with E-state index in [0.717, 1.165) is 30.3 Å². The number of ether oxygens (including phenoxy) is 1. The molecule has 0 aromatic carbocycles. The van der Waals surface area contributed by atoms with Gasteiger partial charge in [-0.3, -0.25) is 0 Å². The van der Waals surface area contributed by atoms with E-state index < -0.39 is 14.0 Å². The van der Waals surface area contributed by atoms with Crippen LogP contribution in [0.3, 0.4) is 0 Å². The first-order valence-electron chi connectivity index (χ1n) is 7.76. The van der Waals surface area contributed by atoms with E-state index in [1.54, 1.807) is 0 Å². The average molecular weight is 308 g/mol. The number of carboxylic acids is 1. The van der Waals surface area contributed by atoms with Gasteiger partial charge >= 0.3 is 5.97 Å². The maximum atomic E-state index is 11.4. The Labute approximate surface area is 126 Å². The van der Waals surface area contributed by atoms with Gasteiger partial charge in [-0.25, -0.2) is 9.48 Å². The largest absolute Gasteiger partial charge is 0.476 e. The minimum absolute atomic E-state index is 0.244. The number of rotatable bonds is 6. The molecule has 1 heterocycles. The van der Waals surface area contributed by atoms with Gasteiger partial charge in [0.25, 0.3) is 0 Å². The summed E-state index contributed by atoms with van der Waals surface area (Å²) in [7, 11) is -1.09. The fourth-order valence-corrected chi connectivity index (χ4v) is 4.14. The second-order valence-corrected chi connectivity index (χ2v) is 13.2. The van der Waals surface area contributed by atoms with Gasteiger partial charge in [0.2, 0.25) is 0 Å². The predicted molar refractivity (Wildman–Crippen MR) is 82.5 cm³/mol. The van der Waals surface area contributed by atoms with Gasteiger partial charge in [-0.15, -0.1) is 0 Å². The van der Waals surface area contributed by atoms with Crippen LogP contribution in [0.25, 0.3) is 0 Å². The second kappa shape index (κ2) is 5.25. The van der Waals surface area contributed by atoms with Crippen molar-refractivity contribution in [3.63, 3.8) is 0 Å². The molecule has 3 aliphatic carbocycles. The molecule has 0 atom stereocenters. The number of hydrogen-bond donors (Lipinski definition) is 1.